The second-order valence-electron chi connectivity index (χ2n) is 3.88. The van der Waals surface area contributed by atoms with Crippen LogP contribution in [0.5, 0.6) is 0 Å². The van der Waals surface area contributed by atoms with E-state index in [9.17, 15) is 0 Å². The van der Waals surface area contributed by atoms with Gasteiger partial charge in [0.05, 0.1) is 18.5 Å². The van der Waals surface area contributed by atoms with Crippen molar-refractivity contribution in [2.75, 3.05) is 24.3 Å². The highest BCUT2D eigenvalue weighted by atomic mass is 16.5. The third-order valence-electron chi connectivity index (χ3n) is 2.78. The molecule has 0 radical (unpaired) electrons. The molecule has 2 atom stereocenters. The second-order valence-corrected chi connectivity index (χ2v) is 3.88. The number of nitrogens with one attached hydrogen (secondary N) is 1. The molecule has 0 amide bonds. The minimum atomic E-state index is 0.324. The van der Waals surface area contributed by atoms with Crippen molar-refractivity contribution >= 4 is 11.5 Å². The van der Waals surface area contributed by atoms with Crippen LogP contribution >= 0.6 is 0 Å². The molecule has 3 N–H and O–H groups in total. The van der Waals surface area contributed by atoms with Crippen molar-refractivity contribution in [1.29, 1.82) is 0 Å². The number of hydrogen-bond donors (Lipinski definition) is 2. The van der Waals surface area contributed by atoms with Gasteiger partial charge in [0.2, 0.25) is 0 Å². The molecule has 2 unspecified atom stereocenters. The van der Waals surface area contributed by atoms with Crippen LogP contribution in [0.3, 0.4) is 0 Å². The normalized spacial score (nSPS) is 22.6. The molecule has 0 bridgehead atoms. The first-order chi connectivity index (χ1) is 7.27. The summed E-state index contributed by atoms with van der Waals surface area (Å²) in [5.74, 6) is 1.25. The molecule has 1 aromatic heterocycles. The SMILES string of the molecule is CC(Nc1ncncc1N)C1CCOC1. The number of nitrogens with two attached hydrogens (primary N) is 1. The molecule has 0 aliphatic carbocycles. The lowest BCUT2D eigenvalue weighted by Crippen LogP contribution is -2.27. The van der Waals surface area contributed by atoms with Gasteiger partial charge in [0.25, 0.3) is 0 Å². The molecule has 1 aliphatic rings. The Morgan fingerprint density at radius 1 is 1.67 bits per heavy atom. The Kier molecular flexibility index (Phi) is 3.01. The number of hydrogen-bond acceptors (Lipinski definition) is 5. The first kappa shape index (κ1) is 10.2. The molecule has 0 aromatic carbocycles. The molecule has 1 fully saturated rings. The average Bonchev–Trinajstić information content (AvgIpc) is 2.74. The van der Waals surface area contributed by atoms with E-state index >= 15 is 0 Å². The standard InChI is InChI=1S/C10H16N4O/c1-7(8-2-3-15-5-8)14-10-9(11)4-12-6-13-10/h4,6-8H,2-3,5,11H2,1H3,(H,12,13,14). The van der Waals surface area contributed by atoms with E-state index in [1.807, 2.05) is 0 Å². The van der Waals surface area contributed by atoms with Crippen LogP contribution < -0.4 is 11.1 Å². The predicted octanol–water partition coefficient (Wildman–Crippen LogP) is 0.896. The van der Waals surface area contributed by atoms with Gasteiger partial charge in [0, 0.05) is 18.6 Å². The van der Waals surface area contributed by atoms with Crippen molar-refractivity contribution in [2.45, 2.75) is 19.4 Å². The molecule has 5 heteroatoms. The van der Waals surface area contributed by atoms with Gasteiger partial charge < -0.3 is 15.8 Å². The number of nitrogens with zero attached hydrogens (tertiary/aromatic N) is 2. The summed E-state index contributed by atoms with van der Waals surface area (Å²) in [5.41, 5.74) is 6.34. The third kappa shape index (κ3) is 2.36. The van der Waals surface area contributed by atoms with Gasteiger partial charge in [0.15, 0.2) is 5.82 Å². The van der Waals surface area contributed by atoms with Crippen LogP contribution in [0.1, 0.15) is 13.3 Å². The quantitative estimate of drug-likeness (QED) is 0.772. The summed E-state index contributed by atoms with van der Waals surface area (Å²) in [6.07, 6.45) is 4.20. The maximum atomic E-state index is 5.75. The molecule has 0 spiro atoms. The highest BCUT2D eigenvalue weighted by Gasteiger charge is 2.22. The van der Waals surface area contributed by atoms with Gasteiger partial charge in [-0.05, 0) is 13.3 Å². The Morgan fingerprint density at radius 2 is 2.53 bits per heavy atom. The van der Waals surface area contributed by atoms with Crippen molar-refractivity contribution in [3.63, 3.8) is 0 Å². The van der Waals surface area contributed by atoms with Crippen molar-refractivity contribution in [3.8, 4) is 0 Å². The van der Waals surface area contributed by atoms with Crippen LogP contribution in [0.15, 0.2) is 12.5 Å². The Labute approximate surface area is 89.1 Å². The minimum absolute atomic E-state index is 0.324. The van der Waals surface area contributed by atoms with E-state index in [4.69, 9.17) is 10.5 Å². The fourth-order valence-electron chi connectivity index (χ4n) is 1.74. The molecule has 1 saturated heterocycles. The van der Waals surface area contributed by atoms with E-state index in [-0.39, 0.29) is 0 Å². The van der Waals surface area contributed by atoms with Crippen LogP contribution in [0.2, 0.25) is 0 Å². The monoisotopic (exact) mass is 208 g/mol. The van der Waals surface area contributed by atoms with Crippen molar-refractivity contribution < 1.29 is 4.74 Å². The molecule has 82 valence electrons. The zero-order valence-electron chi connectivity index (χ0n) is 8.81. The Hall–Kier alpha value is -1.36. The average molecular weight is 208 g/mol. The lowest BCUT2D eigenvalue weighted by Gasteiger charge is -2.20. The molecule has 1 aliphatic heterocycles. The summed E-state index contributed by atoms with van der Waals surface area (Å²) in [7, 11) is 0. The molecule has 5 nitrogen and oxygen atoms in total. The molecule has 2 rings (SSSR count). The predicted molar refractivity (Wildman–Crippen MR) is 58.5 cm³/mol. The highest BCUT2D eigenvalue weighted by molar-refractivity contribution is 5.59. The summed E-state index contributed by atoms with van der Waals surface area (Å²) in [6.45, 7) is 3.80. The number of ether oxygens (including phenoxy) is 1. The van der Waals surface area contributed by atoms with Crippen LogP contribution in [-0.2, 0) is 4.74 Å². The zero-order chi connectivity index (χ0) is 10.7. The van der Waals surface area contributed by atoms with E-state index in [0.717, 1.165) is 19.6 Å². The smallest absolute Gasteiger partial charge is 0.152 e. The third-order valence-corrected chi connectivity index (χ3v) is 2.78. The molecule has 0 saturated carbocycles. The molecule has 15 heavy (non-hydrogen) atoms. The highest BCUT2D eigenvalue weighted by Crippen LogP contribution is 2.21. The lowest BCUT2D eigenvalue weighted by molar-refractivity contribution is 0.183. The second kappa shape index (κ2) is 4.44. The first-order valence-corrected chi connectivity index (χ1v) is 5.17. The summed E-state index contributed by atoms with van der Waals surface area (Å²) >= 11 is 0. The van der Waals surface area contributed by atoms with Gasteiger partial charge in [-0.15, -0.1) is 0 Å². The molecular formula is C10H16N4O. The van der Waals surface area contributed by atoms with E-state index in [0.29, 0.717) is 23.5 Å². The Bertz CT molecular complexity index is 325. The number of aromatic nitrogens is 2. The van der Waals surface area contributed by atoms with Gasteiger partial charge in [-0.1, -0.05) is 0 Å². The Morgan fingerprint density at radius 3 is 3.20 bits per heavy atom. The van der Waals surface area contributed by atoms with E-state index in [1.54, 1.807) is 6.20 Å². The largest absolute Gasteiger partial charge is 0.394 e. The maximum Gasteiger partial charge on any atom is 0.152 e. The van der Waals surface area contributed by atoms with Crippen molar-refractivity contribution in [2.24, 2.45) is 5.92 Å². The van der Waals surface area contributed by atoms with Gasteiger partial charge in [0.1, 0.15) is 6.33 Å². The van der Waals surface area contributed by atoms with Crippen molar-refractivity contribution in [3.05, 3.63) is 12.5 Å². The van der Waals surface area contributed by atoms with Gasteiger partial charge in [-0.3, -0.25) is 0 Å². The fraction of sp³-hybridized carbons (Fsp3) is 0.600. The first-order valence-electron chi connectivity index (χ1n) is 5.17. The summed E-state index contributed by atoms with van der Waals surface area (Å²) in [5, 5.41) is 3.30. The van der Waals surface area contributed by atoms with Crippen molar-refractivity contribution in [1.82, 2.24) is 9.97 Å². The molecular weight excluding hydrogens is 192 g/mol. The number of rotatable bonds is 3. The lowest BCUT2D eigenvalue weighted by atomic mass is 10.0. The Balaban J connectivity index is 1.99. The summed E-state index contributed by atoms with van der Waals surface area (Å²) in [4.78, 5) is 7.95. The molecule has 1 aromatic rings. The van der Waals surface area contributed by atoms with E-state index in [2.05, 4.69) is 22.2 Å². The van der Waals surface area contributed by atoms with E-state index < -0.39 is 0 Å². The van der Waals surface area contributed by atoms with Crippen LogP contribution in [-0.4, -0.2) is 29.2 Å². The minimum Gasteiger partial charge on any atom is -0.394 e. The van der Waals surface area contributed by atoms with Gasteiger partial charge in [-0.25, -0.2) is 9.97 Å². The summed E-state index contributed by atoms with van der Waals surface area (Å²) < 4.78 is 5.34. The molecule has 2 heterocycles. The maximum absolute atomic E-state index is 5.75. The van der Waals surface area contributed by atoms with E-state index in [1.165, 1.54) is 6.33 Å². The number of anilines is 2. The van der Waals surface area contributed by atoms with Crippen LogP contribution in [0.25, 0.3) is 0 Å². The van der Waals surface area contributed by atoms with Gasteiger partial charge in [-0.2, -0.15) is 0 Å². The summed E-state index contributed by atoms with van der Waals surface area (Å²) in [6, 6.07) is 0.324. The topological polar surface area (TPSA) is 73.1 Å². The fourth-order valence-corrected chi connectivity index (χ4v) is 1.74. The van der Waals surface area contributed by atoms with Gasteiger partial charge >= 0.3 is 0 Å². The van der Waals surface area contributed by atoms with Crippen LogP contribution in [0.4, 0.5) is 11.5 Å². The van der Waals surface area contributed by atoms with Crippen LogP contribution in [0, 0.1) is 5.92 Å². The number of nitrogen functional groups attached to an aromatic ring is 1. The zero-order valence-corrected chi connectivity index (χ0v) is 8.81.